The normalized spacial score (nSPS) is 13.3. The van der Waals surface area contributed by atoms with Crippen LogP contribution >= 0.6 is 11.6 Å². The first kappa shape index (κ1) is 17.8. The molecule has 8 heteroatoms. The third kappa shape index (κ3) is 2.91. The lowest BCUT2D eigenvalue weighted by molar-refractivity contribution is -0.393. The largest absolute Gasteiger partial charge is 0.284 e. The average Bonchev–Trinajstić information content (AvgIpc) is 2.95. The molecule has 1 aliphatic carbocycles. The maximum absolute atomic E-state index is 11.6. The van der Waals surface area contributed by atoms with Crippen LogP contribution in [-0.4, -0.2) is 15.6 Å². The molecule has 0 heterocycles. The zero-order valence-electron chi connectivity index (χ0n) is 14.5. The van der Waals surface area contributed by atoms with Crippen molar-refractivity contribution in [2.75, 3.05) is 0 Å². The minimum atomic E-state index is -0.637. The Morgan fingerprint density at radius 2 is 1.57 bits per heavy atom. The Labute approximate surface area is 164 Å². The van der Waals surface area contributed by atoms with E-state index in [0.717, 1.165) is 11.6 Å². The molecule has 3 aromatic carbocycles. The standard InChI is InChI=1S/C20H12ClN3O4/c1-11-2-7-15-16(8-11)20(22-13-5-3-12(21)4-6-13)17-9-14(23(25)26)10-18(19(15)17)24(27)28/h2-10H,1H3. The van der Waals surface area contributed by atoms with Crippen LogP contribution in [0.1, 0.15) is 16.7 Å². The molecule has 0 atom stereocenters. The van der Waals surface area contributed by atoms with E-state index in [1.807, 2.05) is 19.1 Å². The van der Waals surface area contributed by atoms with Crippen molar-refractivity contribution in [3.8, 4) is 11.1 Å². The van der Waals surface area contributed by atoms with Gasteiger partial charge in [-0.15, -0.1) is 0 Å². The summed E-state index contributed by atoms with van der Waals surface area (Å²) in [5.41, 5.74) is 3.40. The number of nitro benzene ring substituents is 2. The number of fused-ring (bicyclic) bond motifs is 3. The molecule has 0 N–H and O–H groups in total. The number of nitrogens with zero attached hydrogens (tertiary/aromatic N) is 3. The first-order valence-corrected chi connectivity index (χ1v) is 8.66. The van der Waals surface area contributed by atoms with Gasteiger partial charge in [0.1, 0.15) is 0 Å². The number of benzene rings is 3. The van der Waals surface area contributed by atoms with Crippen molar-refractivity contribution in [3.05, 3.63) is 96.5 Å². The molecule has 0 saturated heterocycles. The Balaban J connectivity index is 2.06. The predicted molar refractivity (Wildman–Crippen MR) is 107 cm³/mol. The number of aliphatic imine (C=N–C) groups is 1. The number of hydrogen-bond acceptors (Lipinski definition) is 5. The Hall–Kier alpha value is -3.58. The quantitative estimate of drug-likeness (QED) is 0.333. The van der Waals surface area contributed by atoms with Gasteiger partial charge in [-0.25, -0.2) is 4.99 Å². The SMILES string of the molecule is Cc1ccc2c(c1)C(=Nc1ccc(Cl)cc1)c1cc([N+](=O)[O-])cc([N+](=O)[O-])c1-2. The van der Waals surface area contributed by atoms with Crippen LogP contribution in [0, 0.1) is 27.2 Å². The third-order valence-corrected chi connectivity index (χ3v) is 4.78. The molecule has 7 nitrogen and oxygen atoms in total. The molecule has 0 fully saturated rings. The Kier molecular flexibility index (Phi) is 4.16. The van der Waals surface area contributed by atoms with Crippen molar-refractivity contribution in [1.82, 2.24) is 0 Å². The first-order chi connectivity index (χ1) is 13.3. The van der Waals surface area contributed by atoms with E-state index in [9.17, 15) is 20.2 Å². The zero-order valence-corrected chi connectivity index (χ0v) is 15.3. The van der Waals surface area contributed by atoms with E-state index in [1.54, 1.807) is 30.3 Å². The van der Waals surface area contributed by atoms with E-state index in [4.69, 9.17) is 11.6 Å². The summed E-state index contributed by atoms with van der Waals surface area (Å²) in [5, 5.41) is 23.5. The number of halogens is 1. The van der Waals surface area contributed by atoms with Crippen LogP contribution in [0.3, 0.4) is 0 Å². The Bertz CT molecular complexity index is 1190. The van der Waals surface area contributed by atoms with Gasteiger partial charge >= 0.3 is 0 Å². The molecule has 1 aliphatic rings. The van der Waals surface area contributed by atoms with Crippen LogP contribution in [0.25, 0.3) is 11.1 Å². The lowest BCUT2D eigenvalue weighted by atomic mass is 10.0. The van der Waals surface area contributed by atoms with Gasteiger partial charge in [0, 0.05) is 22.2 Å². The van der Waals surface area contributed by atoms with Crippen LogP contribution in [0.5, 0.6) is 0 Å². The summed E-state index contributed by atoms with van der Waals surface area (Å²) in [6.07, 6.45) is 0. The lowest BCUT2D eigenvalue weighted by Crippen LogP contribution is -2.01. The van der Waals surface area contributed by atoms with Gasteiger partial charge in [0.2, 0.25) is 0 Å². The third-order valence-electron chi connectivity index (χ3n) is 4.53. The molecular formula is C20H12ClN3O4. The number of non-ortho nitro benzene ring substituents is 1. The highest BCUT2D eigenvalue weighted by Gasteiger charge is 2.34. The molecule has 0 aromatic heterocycles. The molecule has 0 amide bonds. The van der Waals surface area contributed by atoms with Crippen molar-refractivity contribution in [2.45, 2.75) is 6.92 Å². The number of rotatable bonds is 3. The fourth-order valence-electron chi connectivity index (χ4n) is 3.31. The molecule has 138 valence electrons. The average molecular weight is 394 g/mol. The van der Waals surface area contributed by atoms with Gasteiger partial charge in [0.25, 0.3) is 11.4 Å². The fourth-order valence-corrected chi connectivity index (χ4v) is 3.44. The van der Waals surface area contributed by atoms with Gasteiger partial charge in [0.15, 0.2) is 0 Å². The van der Waals surface area contributed by atoms with E-state index in [0.29, 0.717) is 38.7 Å². The molecule has 3 aromatic rings. The summed E-state index contributed by atoms with van der Waals surface area (Å²) in [7, 11) is 0. The van der Waals surface area contributed by atoms with Crippen LogP contribution in [0.15, 0.2) is 59.6 Å². The summed E-state index contributed by atoms with van der Waals surface area (Å²) in [5.74, 6) is 0. The highest BCUT2D eigenvalue weighted by atomic mass is 35.5. The van der Waals surface area contributed by atoms with Gasteiger partial charge in [-0.05, 0) is 42.8 Å². The van der Waals surface area contributed by atoms with Crippen molar-refractivity contribution in [1.29, 1.82) is 0 Å². The van der Waals surface area contributed by atoms with Crippen molar-refractivity contribution in [2.24, 2.45) is 4.99 Å². The van der Waals surface area contributed by atoms with Crippen LogP contribution in [0.4, 0.5) is 17.1 Å². The van der Waals surface area contributed by atoms with E-state index < -0.39 is 9.85 Å². The van der Waals surface area contributed by atoms with Crippen LogP contribution in [0.2, 0.25) is 5.02 Å². The van der Waals surface area contributed by atoms with E-state index in [-0.39, 0.29) is 11.4 Å². The van der Waals surface area contributed by atoms with Crippen molar-refractivity contribution in [3.63, 3.8) is 0 Å². The summed E-state index contributed by atoms with van der Waals surface area (Å²) in [6, 6.07) is 14.6. The minimum absolute atomic E-state index is 0.310. The maximum Gasteiger partial charge on any atom is 0.284 e. The van der Waals surface area contributed by atoms with Gasteiger partial charge in [-0.3, -0.25) is 20.2 Å². The van der Waals surface area contributed by atoms with Gasteiger partial charge in [-0.1, -0.05) is 29.3 Å². The number of aryl methyl sites for hydroxylation is 1. The lowest BCUT2D eigenvalue weighted by Gasteiger charge is -2.04. The second kappa shape index (κ2) is 6.54. The molecule has 28 heavy (non-hydrogen) atoms. The second-order valence-corrected chi connectivity index (χ2v) is 6.82. The topological polar surface area (TPSA) is 98.6 Å². The molecular weight excluding hydrogens is 382 g/mol. The molecule has 0 unspecified atom stereocenters. The fraction of sp³-hybridized carbons (Fsp3) is 0.0500. The number of hydrogen-bond donors (Lipinski definition) is 0. The van der Waals surface area contributed by atoms with Crippen LogP contribution < -0.4 is 0 Å². The van der Waals surface area contributed by atoms with Crippen LogP contribution in [-0.2, 0) is 0 Å². The van der Waals surface area contributed by atoms with E-state index in [2.05, 4.69) is 4.99 Å². The van der Waals surface area contributed by atoms with E-state index >= 15 is 0 Å². The smallest absolute Gasteiger partial charge is 0.258 e. The molecule has 4 rings (SSSR count). The van der Waals surface area contributed by atoms with Gasteiger partial charge in [-0.2, -0.15) is 0 Å². The monoisotopic (exact) mass is 393 g/mol. The van der Waals surface area contributed by atoms with Gasteiger partial charge < -0.3 is 0 Å². The maximum atomic E-state index is 11.6. The van der Waals surface area contributed by atoms with Gasteiger partial charge in [0.05, 0.1) is 32.9 Å². The van der Waals surface area contributed by atoms with E-state index in [1.165, 1.54) is 6.07 Å². The summed E-state index contributed by atoms with van der Waals surface area (Å²) >= 11 is 5.92. The van der Waals surface area contributed by atoms with Crippen molar-refractivity contribution >= 4 is 34.4 Å². The second-order valence-electron chi connectivity index (χ2n) is 6.39. The minimum Gasteiger partial charge on any atom is -0.258 e. The molecule has 0 spiro atoms. The highest BCUT2D eigenvalue weighted by molar-refractivity contribution is 6.30. The predicted octanol–water partition coefficient (Wildman–Crippen LogP) is 5.61. The summed E-state index contributed by atoms with van der Waals surface area (Å²) in [6.45, 7) is 1.90. The molecule has 0 saturated carbocycles. The Morgan fingerprint density at radius 1 is 0.857 bits per heavy atom. The summed E-state index contributed by atoms with van der Waals surface area (Å²) in [4.78, 5) is 26.4. The highest BCUT2D eigenvalue weighted by Crippen LogP contribution is 2.45. The zero-order chi connectivity index (χ0) is 20.0. The Morgan fingerprint density at radius 3 is 2.21 bits per heavy atom. The first-order valence-electron chi connectivity index (χ1n) is 8.28. The summed E-state index contributed by atoms with van der Waals surface area (Å²) < 4.78 is 0. The molecule has 0 bridgehead atoms. The number of nitro groups is 2. The molecule has 0 aliphatic heterocycles. The van der Waals surface area contributed by atoms with Crippen molar-refractivity contribution < 1.29 is 9.85 Å². The molecule has 0 radical (unpaired) electrons.